The molecule has 1 fully saturated rings. The molecule has 0 aliphatic carbocycles. The number of aliphatic hydroxyl groups is 1. The summed E-state index contributed by atoms with van der Waals surface area (Å²) >= 11 is 0. The number of ether oxygens (including phenoxy) is 6. The van der Waals surface area contributed by atoms with Crippen molar-refractivity contribution in [3.63, 3.8) is 0 Å². The molecule has 0 unspecified atom stereocenters. The van der Waals surface area contributed by atoms with Gasteiger partial charge < -0.3 is 38.6 Å². The molecule has 1 saturated heterocycles. The largest absolute Gasteiger partial charge is 0.508 e. The number of carbonyl (C=O) groups is 2. The third kappa shape index (κ3) is 20.4. The monoisotopic (exact) mass is 794 g/mol. The minimum atomic E-state index is -1.40. The second-order valence-electron chi connectivity index (χ2n) is 11.3. The number of aliphatic hydroxyl groups excluding tert-OH is 1. The normalized spacial score (nSPS) is 11.1. The Morgan fingerprint density at radius 2 is 1.07 bits per heavy atom. The predicted molar refractivity (Wildman–Crippen MR) is 207 cm³/mol. The van der Waals surface area contributed by atoms with Gasteiger partial charge in [-0.25, -0.2) is 27.2 Å². The Labute approximate surface area is 326 Å². The van der Waals surface area contributed by atoms with Crippen LogP contribution in [0.25, 0.3) is 0 Å². The smallest absolute Gasteiger partial charge is 0.338 e. The highest BCUT2D eigenvalue weighted by molar-refractivity contribution is 5.90. The van der Waals surface area contributed by atoms with E-state index in [0.717, 1.165) is 24.3 Å². The van der Waals surface area contributed by atoms with Gasteiger partial charge in [0, 0.05) is 25.3 Å². The summed E-state index contributed by atoms with van der Waals surface area (Å²) < 4.78 is 77.7. The van der Waals surface area contributed by atoms with Gasteiger partial charge in [-0.2, -0.15) is 0 Å². The molecule has 14 heteroatoms. The first-order valence-corrected chi connectivity index (χ1v) is 16.8. The van der Waals surface area contributed by atoms with Crippen molar-refractivity contribution in [3.8, 4) is 23.0 Å². The highest BCUT2D eigenvalue weighted by atomic mass is 19.1. The molecule has 0 aromatic heterocycles. The van der Waals surface area contributed by atoms with Crippen LogP contribution in [0.15, 0.2) is 97.1 Å². The maximum Gasteiger partial charge on any atom is 0.338 e. The third-order valence-electron chi connectivity index (χ3n) is 6.94. The lowest BCUT2D eigenvalue weighted by molar-refractivity contribution is 0.0590. The lowest BCUT2D eigenvalue weighted by atomic mass is 10.2. The molecule has 56 heavy (non-hydrogen) atoms. The fraction of sp³-hybridized carbons (Fsp3) is 0.381. The molecule has 5 rings (SSSR count). The summed E-state index contributed by atoms with van der Waals surface area (Å²) in [5.74, 6) is -0.243. The van der Waals surface area contributed by atoms with Gasteiger partial charge in [0.2, 0.25) is 0 Å². The van der Waals surface area contributed by atoms with E-state index in [9.17, 15) is 32.3 Å². The van der Waals surface area contributed by atoms with Gasteiger partial charge in [0.05, 0.1) is 25.3 Å². The van der Waals surface area contributed by atoms with Crippen molar-refractivity contribution in [3.05, 3.63) is 119 Å². The summed E-state index contributed by atoms with van der Waals surface area (Å²) in [6, 6.07) is 27.7. The minimum absolute atomic E-state index is 0. The van der Waals surface area contributed by atoms with Gasteiger partial charge in [0.1, 0.15) is 69.0 Å². The van der Waals surface area contributed by atoms with Crippen LogP contribution in [0, 0.1) is 0 Å². The molecule has 4 aromatic rings. The fourth-order valence-electron chi connectivity index (χ4n) is 4.19. The average molecular weight is 795 g/mol. The van der Waals surface area contributed by atoms with E-state index in [1.54, 1.807) is 0 Å². The van der Waals surface area contributed by atoms with E-state index >= 15 is 0 Å². The number of aromatic hydroxyl groups is 1. The van der Waals surface area contributed by atoms with Gasteiger partial charge in [-0.05, 0) is 48.2 Å². The first-order chi connectivity index (χ1) is 26.1. The predicted octanol–water partition coefficient (Wildman–Crippen LogP) is 8.85. The molecule has 0 atom stereocenters. The number of hydrogen-bond acceptors (Lipinski definition) is 10. The summed E-state index contributed by atoms with van der Waals surface area (Å²) in [5.41, 5.74) is 2.37. The Kier molecular flexibility index (Phi) is 27.1. The summed E-state index contributed by atoms with van der Waals surface area (Å²) in [5, 5.41) is 17.5. The SMILES string of the molecule is C.C.C1CCOC1.COC(=O)c1cc(O)cc(OCc2ccccc2)c1.COC(=O)c1cc(OCc2ccccc2)cc(OC(CF)CF)c1.OC(CF)CF. The van der Waals surface area contributed by atoms with Crippen LogP contribution in [-0.2, 0) is 27.4 Å². The van der Waals surface area contributed by atoms with E-state index in [1.807, 2.05) is 60.7 Å². The van der Waals surface area contributed by atoms with Crippen molar-refractivity contribution in [1.82, 2.24) is 0 Å². The van der Waals surface area contributed by atoms with Crippen LogP contribution < -0.4 is 14.2 Å². The van der Waals surface area contributed by atoms with Crippen LogP contribution >= 0.6 is 0 Å². The van der Waals surface area contributed by atoms with Crippen LogP contribution in [0.1, 0.15) is 59.5 Å². The molecule has 2 N–H and O–H groups in total. The van der Waals surface area contributed by atoms with E-state index in [4.69, 9.17) is 24.1 Å². The molecule has 310 valence electrons. The quantitative estimate of drug-likeness (QED) is 0.0944. The van der Waals surface area contributed by atoms with Gasteiger partial charge in [0.25, 0.3) is 0 Å². The highest BCUT2D eigenvalue weighted by Crippen LogP contribution is 2.26. The lowest BCUT2D eigenvalue weighted by Gasteiger charge is -2.15. The maximum atomic E-state index is 12.7. The standard InChI is InChI=1S/C18H18F2O4.C15H14O4.C4H8O.C3H6F2O.2CH4/c1-22-18(21)14-7-15(23-12-13-5-3-2-4-6-13)9-16(8-14)24-17(10-19)11-20;1-18-15(17)12-7-13(16)9-14(8-12)19-10-11-5-3-2-4-6-11;1-2-4-5-3-1;4-1-3(6)2-5;;/h2-9,17H,10-12H2,1H3;2-9,16H,10H2,1H3;1-4H2;3,6H,1-2H2;2*1H4. The molecule has 4 aromatic carbocycles. The molecule has 0 spiro atoms. The fourth-order valence-corrected chi connectivity index (χ4v) is 4.19. The summed E-state index contributed by atoms with van der Waals surface area (Å²) in [6.07, 6.45) is -0.0649. The number of alkyl halides is 4. The molecule has 0 bridgehead atoms. The Bertz CT molecular complexity index is 1610. The number of benzene rings is 4. The van der Waals surface area contributed by atoms with Gasteiger partial charge in [-0.15, -0.1) is 0 Å². The van der Waals surface area contributed by atoms with Crippen LogP contribution in [0.3, 0.4) is 0 Å². The average Bonchev–Trinajstić information content (AvgIpc) is 3.82. The molecule has 1 aliphatic rings. The summed E-state index contributed by atoms with van der Waals surface area (Å²) in [7, 11) is 2.53. The number of phenolic OH excluding ortho intramolecular Hbond substituents is 1. The molecule has 10 nitrogen and oxygen atoms in total. The van der Waals surface area contributed by atoms with Gasteiger partial charge in [-0.3, -0.25) is 0 Å². The van der Waals surface area contributed by atoms with E-state index in [1.165, 1.54) is 63.5 Å². The Balaban J connectivity index is 0.000000836. The molecular formula is C42H54F4O10. The second kappa shape index (κ2) is 29.9. The van der Waals surface area contributed by atoms with Crippen molar-refractivity contribution < 1.29 is 65.8 Å². The molecule has 0 radical (unpaired) electrons. The number of hydrogen-bond donors (Lipinski definition) is 2. The first kappa shape index (κ1) is 50.7. The van der Waals surface area contributed by atoms with Crippen LogP contribution in [0.5, 0.6) is 23.0 Å². The molecule has 1 heterocycles. The number of rotatable bonds is 14. The minimum Gasteiger partial charge on any atom is -0.508 e. The van der Waals surface area contributed by atoms with Crippen LogP contribution in [-0.4, -0.2) is 88.5 Å². The van der Waals surface area contributed by atoms with Crippen molar-refractivity contribution in [2.24, 2.45) is 0 Å². The summed E-state index contributed by atoms with van der Waals surface area (Å²) in [4.78, 5) is 23.1. The second-order valence-corrected chi connectivity index (χ2v) is 11.3. The van der Waals surface area contributed by atoms with E-state index in [-0.39, 0.29) is 44.1 Å². The topological polar surface area (TPSA) is 130 Å². The zero-order valence-corrected chi connectivity index (χ0v) is 30.1. The molecular weight excluding hydrogens is 740 g/mol. The Morgan fingerprint density at radius 3 is 1.45 bits per heavy atom. The third-order valence-corrected chi connectivity index (χ3v) is 6.94. The highest BCUT2D eigenvalue weighted by Gasteiger charge is 2.15. The number of phenols is 1. The number of halogens is 4. The van der Waals surface area contributed by atoms with Crippen LogP contribution in [0.4, 0.5) is 17.6 Å². The first-order valence-electron chi connectivity index (χ1n) is 16.8. The van der Waals surface area contributed by atoms with E-state index < -0.39 is 50.8 Å². The van der Waals surface area contributed by atoms with Gasteiger partial charge >= 0.3 is 11.9 Å². The molecule has 0 amide bonds. The number of carbonyl (C=O) groups excluding carboxylic acids is 2. The Hall–Kier alpha value is -5.34. The zero-order chi connectivity index (χ0) is 39.6. The van der Waals surface area contributed by atoms with Crippen molar-refractivity contribution in [2.75, 3.05) is 54.1 Å². The van der Waals surface area contributed by atoms with Crippen LogP contribution in [0.2, 0.25) is 0 Å². The Morgan fingerprint density at radius 1 is 0.643 bits per heavy atom. The van der Waals surface area contributed by atoms with Gasteiger partial charge in [0.15, 0.2) is 6.10 Å². The molecule has 0 saturated carbocycles. The van der Waals surface area contributed by atoms with E-state index in [0.29, 0.717) is 18.1 Å². The molecule has 1 aliphatic heterocycles. The zero-order valence-electron chi connectivity index (χ0n) is 30.1. The number of methoxy groups -OCH3 is 2. The van der Waals surface area contributed by atoms with E-state index in [2.05, 4.69) is 9.47 Å². The van der Waals surface area contributed by atoms with Gasteiger partial charge in [-0.1, -0.05) is 75.5 Å². The van der Waals surface area contributed by atoms with Crippen molar-refractivity contribution in [1.29, 1.82) is 0 Å². The van der Waals surface area contributed by atoms with Crippen molar-refractivity contribution in [2.45, 2.75) is 53.1 Å². The number of esters is 2. The lowest BCUT2D eigenvalue weighted by Crippen LogP contribution is -2.21. The maximum absolute atomic E-state index is 12.7. The van der Waals surface area contributed by atoms with Crippen molar-refractivity contribution >= 4 is 11.9 Å². The summed E-state index contributed by atoms with van der Waals surface area (Å²) in [6.45, 7) is -1.28.